The Balaban J connectivity index is 1.38. The van der Waals surface area contributed by atoms with Crippen LogP contribution in [-0.4, -0.2) is 23.3 Å². The molecule has 0 unspecified atom stereocenters. The van der Waals surface area contributed by atoms with Gasteiger partial charge in [0, 0.05) is 24.5 Å². The van der Waals surface area contributed by atoms with Crippen molar-refractivity contribution in [3.63, 3.8) is 0 Å². The lowest BCUT2D eigenvalue weighted by Crippen LogP contribution is -2.38. The maximum absolute atomic E-state index is 6.06. The van der Waals surface area contributed by atoms with Crippen molar-refractivity contribution < 1.29 is 0 Å². The van der Waals surface area contributed by atoms with E-state index in [-0.39, 0.29) is 0 Å². The number of halogens is 4. The summed E-state index contributed by atoms with van der Waals surface area (Å²) in [6.45, 7) is 1.66. The largest absolute Gasteiger partial charge is 0.362 e. The van der Waals surface area contributed by atoms with Gasteiger partial charge in [-0.1, -0.05) is 52.8 Å². The van der Waals surface area contributed by atoms with Gasteiger partial charge in [0.25, 0.3) is 0 Å². The van der Waals surface area contributed by atoms with E-state index >= 15 is 0 Å². The lowest BCUT2D eigenvalue weighted by molar-refractivity contribution is 0.267. The minimum absolute atomic E-state index is 0.494. The highest BCUT2D eigenvalue weighted by Gasteiger charge is 2.22. The molecule has 32 heavy (non-hydrogen) atoms. The predicted octanol–water partition coefficient (Wildman–Crippen LogP) is 7.38. The second-order valence-corrected chi connectivity index (χ2v) is 10.3. The zero-order valence-electron chi connectivity index (χ0n) is 17.2. The fourth-order valence-corrected chi connectivity index (χ4v) is 4.74. The van der Waals surface area contributed by atoms with E-state index in [1.807, 2.05) is 12.1 Å². The van der Waals surface area contributed by atoms with Crippen molar-refractivity contribution >= 4 is 92.4 Å². The summed E-state index contributed by atoms with van der Waals surface area (Å²) in [6, 6.07) is 10.7. The quantitative estimate of drug-likeness (QED) is 0.282. The van der Waals surface area contributed by atoms with Gasteiger partial charge in [0.15, 0.2) is 10.2 Å². The molecular weight excluding hydrogens is 526 g/mol. The molecule has 4 N–H and O–H groups in total. The van der Waals surface area contributed by atoms with Crippen molar-refractivity contribution in [2.24, 2.45) is 11.8 Å². The van der Waals surface area contributed by atoms with Gasteiger partial charge < -0.3 is 21.3 Å². The third-order valence-corrected chi connectivity index (χ3v) is 7.32. The van der Waals surface area contributed by atoms with Crippen molar-refractivity contribution in [2.75, 3.05) is 23.7 Å². The molecule has 0 saturated heterocycles. The highest BCUT2D eigenvalue weighted by atomic mass is 35.5. The van der Waals surface area contributed by atoms with Crippen molar-refractivity contribution in [1.82, 2.24) is 10.6 Å². The topological polar surface area (TPSA) is 48.1 Å². The van der Waals surface area contributed by atoms with Crippen LogP contribution in [0.15, 0.2) is 36.4 Å². The van der Waals surface area contributed by atoms with Crippen molar-refractivity contribution in [3.05, 3.63) is 56.5 Å². The van der Waals surface area contributed by atoms with E-state index < -0.39 is 0 Å². The van der Waals surface area contributed by atoms with E-state index in [1.165, 1.54) is 19.3 Å². The summed E-state index contributed by atoms with van der Waals surface area (Å²) in [7, 11) is 0. The van der Waals surface area contributed by atoms with Crippen LogP contribution in [0.1, 0.15) is 25.7 Å². The molecule has 3 rings (SSSR count). The van der Waals surface area contributed by atoms with Crippen LogP contribution in [0.25, 0.3) is 0 Å². The minimum Gasteiger partial charge on any atom is -0.362 e. The summed E-state index contributed by atoms with van der Waals surface area (Å²) in [6.07, 6.45) is 4.68. The lowest BCUT2D eigenvalue weighted by Gasteiger charge is -2.30. The van der Waals surface area contributed by atoms with E-state index in [2.05, 4.69) is 21.3 Å². The third kappa shape index (κ3) is 8.08. The number of nitrogens with one attached hydrogen (secondary N) is 4. The van der Waals surface area contributed by atoms with Crippen LogP contribution in [0.4, 0.5) is 11.4 Å². The molecule has 4 nitrogen and oxygen atoms in total. The summed E-state index contributed by atoms with van der Waals surface area (Å²) < 4.78 is 0. The Morgan fingerprint density at radius 1 is 0.719 bits per heavy atom. The van der Waals surface area contributed by atoms with E-state index in [4.69, 9.17) is 70.8 Å². The molecule has 0 heterocycles. The Labute approximate surface area is 219 Å². The van der Waals surface area contributed by atoms with E-state index in [0.29, 0.717) is 42.2 Å². The van der Waals surface area contributed by atoms with Crippen molar-refractivity contribution in [1.29, 1.82) is 0 Å². The van der Waals surface area contributed by atoms with Gasteiger partial charge in [-0.25, -0.2) is 0 Å². The van der Waals surface area contributed by atoms with Crippen molar-refractivity contribution in [2.45, 2.75) is 25.7 Å². The third-order valence-electron chi connectivity index (χ3n) is 5.35. The lowest BCUT2D eigenvalue weighted by atomic mass is 9.81. The molecule has 2 atom stereocenters. The molecule has 1 fully saturated rings. The number of benzene rings is 2. The van der Waals surface area contributed by atoms with Crippen LogP contribution < -0.4 is 21.3 Å². The monoisotopic (exact) mass is 548 g/mol. The second-order valence-electron chi connectivity index (χ2n) is 7.83. The first-order valence-electron chi connectivity index (χ1n) is 10.3. The summed E-state index contributed by atoms with van der Waals surface area (Å²) >= 11 is 34.9. The van der Waals surface area contributed by atoms with Crippen LogP contribution in [-0.2, 0) is 0 Å². The van der Waals surface area contributed by atoms with Gasteiger partial charge in [0.1, 0.15) is 0 Å². The first-order valence-corrected chi connectivity index (χ1v) is 12.6. The van der Waals surface area contributed by atoms with Gasteiger partial charge >= 0.3 is 0 Å². The maximum Gasteiger partial charge on any atom is 0.170 e. The summed E-state index contributed by atoms with van der Waals surface area (Å²) in [4.78, 5) is 0. The van der Waals surface area contributed by atoms with Gasteiger partial charge in [-0.3, -0.25) is 0 Å². The molecule has 10 heteroatoms. The fraction of sp³-hybridized carbons (Fsp3) is 0.364. The van der Waals surface area contributed by atoms with Gasteiger partial charge in [-0.2, -0.15) is 0 Å². The Morgan fingerprint density at radius 3 is 1.56 bits per heavy atom. The number of rotatable bonds is 6. The molecular formula is C22H24Cl4N4S2. The van der Waals surface area contributed by atoms with Crippen LogP contribution in [0.2, 0.25) is 20.1 Å². The van der Waals surface area contributed by atoms with Gasteiger partial charge in [-0.05, 0) is 91.9 Å². The molecule has 1 aliphatic carbocycles. The van der Waals surface area contributed by atoms with Crippen molar-refractivity contribution in [3.8, 4) is 0 Å². The predicted molar refractivity (Wildman–Crippen MR) is 147 cm³/mol. The van der Waals surface area contributed by atoms with Crippen LogP contribution >= 0.6 is 70.8 Å². The van der Waals surface area contributed by atoms with Gasteiger partial charge in [-0.15, -0.1) is 0 Å². The molecule has 1 saturated carbocycles. The molecule has 0 amide bonds. The van der Waals surface area contributed by atoms with Crippen LogP contribution in [0.5, 0.6) is 0 Å². The molecule has 0 aromatic heterocycles. The van der Waals surface area contributed by atoms with Crippen LogP contribution in [0.3, 0.4) is 0 Å². The first-order chi connectivity index (χ1) is 15.3. The minimum atomic E-state index is 0.494. The molecule has 172 valence electrons. The molecule has 0 radical (unpaired) electrons. The zero-order valence-corrected chi connectivity index (χ0v) is 21.8. The zero-order chi connectivity index (χ0) is 23.1. The first kappa shape index (κ1) is 25.6. The van der Waals surface area contributed by atoms with Gasteiger partial charge in [0.05, 0.1) is 20.1 Å². The number of anilines is 2. The second kappa shape index (κ2) is 12.4. The number of hydrogen-bond acceptors (Lipinski definition) is 2. The summed E-state index contributed by atoms with van der Waals surface area (Å²) in [5, 5.41) is 16.1. The Hall–Kier alpha value is -1.02. The van der Waals surface area contributed by atoms with Gasteiger partial charge in [0.2, 0.25) is 0 Å². The normalized spacial score (nSPS) is 18.0. The van der Waals surface area contributed by atoms with E-state index in [0.717, 1.165) is 30.9 Å². The average Bonchev–Trinajstić information content (AvgIpc) is 2.76. The van der Waals surface area contributed by atoms with Crippen LogP contribution in [0, 0.1) is 11.8 Å². The molecule has 0 bridgehead atoms. The smallest absolute Gasteiger partial charge is 0.170 e. The average molecular weight is 550 g/mol. The number of hydrogen-bond donors (Lipinski definition) is 4. The maximum atomic E-state index is 6.06. The molecule has 2 aromatic carbocycles. The SMILES string of the molecule is S=C(NC[C@@H]1CCC[C@@H](CNC(=S)Nc2ccc(Cl)c(Cl)c2)C1)Nc1ccc(Cl)c(Cl)c1. The molecule has 2 aromatic rings. The highest BCUT2D eigenvalue weighted by molar-refractivity contribution is 7.80. The fourth-order valence-electron chi connectivity index (χ4n) is 3.75. The highest BCUT2D eigenvalue weighted by Crippen LogP contribution is 2.29. The molecule has 0 aliphatic heterocycles. The molecule has 1 aliphatic rings. The van der Waals surface area contributed by atoms with E-state index in [9.17, 15) is 0 Å². The molecule has 0 spiro atoms. The van der Waals surface area contributed by atoms with E-state index in [1.54, 1.807) is 24.3 Å². The summed E-state index contributed by atoms with van der Waals surface area (Å²) in [5.41, 5.74) is 1.62. The Kier molecular flexibility index (Phi) is 9.96. The summed E-state index contributed by atoms with van der Waals surface area (Å²) in [5.74, 6) is 1.11. The standard InChI is InChI=1S/C22H24Cl4N4S2/c23-17-6-4-15(9-19(17)25)29-21(31)27-11-13-2-1-3-14(8-13)12-28-22(32)30-16-5-7-18(24)20(26)10-16/h4-7,9-10,13-14H,1-3,8,11-12H2,(H2,27,29,31)(H2,28,30,32)/t13-,14-/m1/s1. The number of thiocarbonyl (C=S) groups is 2. The Bertz CT molecular complexity index is 897. The Morgan fingerprint density at radius 2 is 1.16 bits per heavy atom.